The standard InChI is InChI=1S/C14H24N4O2/c1-3-18-13(10-12(2)15-18)11-17-8-6-16(7-9-17)5-4-14(19)20/h10H,3-9,11H2,1-2H3,(H,19,20). The predicted octanol–water partition coefficient (Wildman–Crippen LogP) is 0.804. The fourth-order valence-corrected chi connectivity index (χ4v) is 2.65. The largest absolute Gasteiger partial charge is 0.481 e. The summed E-state index contributed by atoms with van der Waals surface area (Å²) in [5.41, 5.74) is 2.34. The van der Waals surface area contributed by atoms with Crippen LogP contribution in [-0.2, 0) is 17.9 Å². The van der Waals surface area contributed by atoms with Gasteiger partial charge in [0.2, 0.25) is 0 Å². The third-order valence-corrected chi connectivity index (χ3v) is 3.78. The number of hydrogen-bond acceptors (Lipinski definition) is 4. The quantitative estimate of drug-likeness (QED) is 0.835. The molecule has 0 spiro atoms. The molecular formula is C14H24N4O2. The zero-order valence-electron chi connectivity index (χ0n) is 12.4. The first-order chi connectivity index (χ1) is 9.58. The molecule has 0 radical (unpaired) electrons. The maximum Gasteiger partial charge on any atom is 0.304 e. The number of carboxylic acid groups (broad SMARTS) is 1. The Morgan fingerprint density at radius 1 is 1.30 bits per heavy atom. The first-order valence-corrected chi connectivity index (χ1v) is 7.28. The third kappa shape index (κ3) is 4.05. The number of rotatable bonds is 6. The van der Waals surface area contributed by atoms with E-state index in [9.17, 15) is 4.79 Å². The van der Waals surface area contributed by atoms with Crippen LogP contribution in [-0.4, -0.2) is 63.4 Å². The van der Waals surface area contributed by atoms with Crippen LogP contribution >= 0.6 is 0 Å². The Morgan fingerprint density at radius 2 is 1.95 bits per heavy atom. The lowest BCUT2D eigenvalue weighted by Gasteiger charge is -2.34. The lowest BCUT2D eigenvalue weighted by atomic mass is 10.2. The molecule has 0 saturated carbocycles. The number of carboxylic acids is 1. The molecule has 1 aliphatic heterocycles. The highest BCUT2D eigenvalue weighted by Crippen LogP contribution is 2.10. The molecule has 6 heteroatoms. The molecule has 0 aliphatic carbocycles. The summed E-state index contributed by atoms with van der Waals surface area (Å²) < 4.78 is 2.06. The van der Waals surface area contributed by atoms with Crippen molar-refractivity contribution < 1.29 is 9.90 Å². The lowest BCUT2D eigenvalue weighted by Crippen LogP contribution is -2.46. The summed E-state index contributed by atoms with van der Waals surface area (Å²) in [6.07, 6.45) is 0.238. The van der Waals surface area contributed by atoms with E-state index in [1.54, 1.807) is 0 Å². The Hall–Kier alpha value is -1.40. The molecule has 1 aromatic heterocycles. The fourth-order valence-electron chi connectivity index (χ4n) is 2.65. The molecule has 6 nitrogen and oxygen atoms in total. The van der Waals surface area contributed by atoms with Gasteiger partial charge in [-0.1, -0.05) is 0 Å². The molecule has 1 aromatic rings. The van der Waals surface area contributed by atoms with Crippen molar-refractivity contribution in [2.45, 2.75) is 33.4 Å². The Balaban J connectivity index is 1.80. The second kappa shape index (κ2) is 6.85. The van der Waals surface area contributed by atoms with Crippen molar-refractivity contribution in [3.8, 4) is 0 Å². The SMILES string of the molecule is CCn1nc(C)cc1CN1CCN(CCC(=O)O)CC1. The fraction of sp³-hybridized carbons (Fsp3) is 0.714. The average Bonchev–Trinajstić information content (AvgIpc) is 2.78. The summed E-state index contributed by atoms with van der Waals surface area (Å²) in [5, 5.41) is 13.2. The minimum atomic E-state index is -0.713. The van der Waals surface area contributed by atoms with Gasteiger partial charge < -0.3 is 10.0 Å². The van der Waals surface area contributed by atoms with Gasteiger partial charge in [0.05, 0.1) is 17.8 Å². The number of aryl methyl sites for hydroxylation is 2. The molecule has 0 amide bonds. The molecule has 1 saturated heterocycles. The van der Waals surface area contributed by atoms with Gasteiger partial charge in [0.1, 0.15) is 0 Å². The van der Waals surface area contributed by atoms with Gasteiger partial charge in [0, 0.05) is 45.8 Å². The van der Waals surface area contributed by atoms with Gasteiger partial charge in [0.25, 0.3) is 0 Å². The first kappa shape index (κ1) is 15.0. The molecule has 0 unspecified atom stereocenters. The molecule has 0 bridgehead atoms. The number of carbonyl (C=O) groups is 1. The van der Waals surface area contributed by atoms with E-state index in [0.29, 0.717) is 6.54 Å². The van der Waals surface area contributed by atoms with Gasteiger partial charge in [-0.05, 0) is 19.9 Å². The van der Waals surface area contributed by atoms with E-state index in [2.05, 4.69) is 32.6 Å². The van der Waals surface area contributed by atoms with Crippen molar-refractivity contribution in [2.24, 2.45) is 0 Å². The maximum absolute atomic E-state index is 10.6. The molecule has 112 valence electrons. The average molecular weight is 280 g/mol. The maximum atomic E-state index is 10.6. The number of hydrogen-bond donors (Lipinski definition) is 1. The number of nitrogens with zero attached hydrogens (tertiary/aromatic N) is 4. The van der Waals surface area contributed by atoms with E-state index in [1.165, 1.54) is 5.69 Å². The van der Waals surface area contributed by atoms with E-state index < -0.39 is 5.97 Å². The summed E-state index contributed by atoms with van der Waals surface area (Å²) in [5.74, 6) is -0.713. The zero-order chi connectivity index (χ0) is 14.5. The van der Waals surface area contributed by atoms with E-state index in [-0.39, 0.29) is 6.42 Å². The van der Waals surface area contributed by atoms with E-state index in [4.69, 9.17) is 5.11 Å². The van der Waals surface area contributed by atoms with Crippen LogP contribution in [0.2, 0.25) is 0 Å². The summed E-state index contributed by atoms with van der Waals surface area (Å²) in [4.78, 5) is 15.2. The highest BCUT2D eigenvalue weighted by atomic mass is 16.4. The van der Waals surface area contributed by atoms with Crippen molar-refractivity contribution in [3.05, 3.63) is 17.5 Å². The molecule has 1 N–H and O–H groups in total. The number of aliphatic carboxylic acids is 1. The summed E-state index contributed by atoms with van der Waals surface area (Å²) >= 11 is 0. The molecule has 0 aromatic carbocycles. The van der Waals surface area contributed by atoms with Crippen LogP contribution in [0.3, 0.4) is 0 Å². The number of piperazine rings is 1. The van der Waals surface area contributed by atoms with E-state index >= 15 is 0 Å². The zero-order valence-corrected chi connectivity index (χ0v) is 12.4. The highest BCUT2D eigenvalue weighted by molar-refractivity contribution is 5.66. The van der Waals surface area contributed by atoms with Crippen molar-refractivity contribution in [2.75, 3.05) is 32.7 Å². The van der Waals surface area contributed by atoms with Crippen molar-refractivity contribution >= 4 is 5.97 Å². The Labute approximate surface area is 120 Å². The first-order valence-electron chi connectivity index (χ1n) is 7.28. The summed E-state index contributed by atoms with van der Waals surface area (Å²) in [7, 11) is 0. The van der Waals surface area contributed by atoms with Crippen LogP contribution < -0.4 is 0 Å². The van der Waals surface area contributed by atoms with Gasteiger partial charge in [-0.15, -0.1) is 0 Å². The van der Waals surface area contributed by atoms with E-state index in [0.717, 1.165) is 45.0 Å². The molecular weight excluding hydrogens is 256 g/mol. The normalized spacial score (nSPS) is 17.5. The Morgan fingerprint density at radius 3 is 2.55 bits per heavy atom. The molecule has 1 fully saturated rings. The molecule has 2 heterocycles. The number of aromatic nitrogens is 2. The molecule has 0 atom stereocenters. The Bertz CT molecular complexity index is 450. The smallest absolute Gasteiger partial charge is 0.304 e. The Kier molecular flexibility index (Phi) is 5.14. The van der Waals surface area contributed by atoms with Crippen LogP contribution in [0.1, 0.15) is 24.7 Å². The third-order valence-electron chi connectivity index (χ3n) is 3.78. The van der Waals surface area contributed by atoms with Crippen molar-refractivity contribution in [1.82, 2.24) is 19.6 Å². The van der Waals surface area contributed by atoms with Gasteiger partial charge in [0.15, 0.2) is 0 Å². The minimum Gasteiger partial charge on any atom is -0.481 e. The second-order valence-corrected chi connectivity index (χ2v) is 5.35. The summed E-state index contributed by atoms with van der Waals surface area (Å²) in [6.45, 7) is 10.5. The van der Waals surface area contributed by atoms with Crippen molar-refractivity contribution in [1.29, 1.82) is 0 Å². The van der Waals surface area contributed by atoms with Gasteiger partial charge >= 0.3 is 5.97 Å². The lowest BCUT2D eigenvalue weighted by molar-refractivity contribution is -0.137. The topological polar surface area (TPSA) is 61.6 Å². The van der Waals surface area contributed by atoms with Crippen LogP contribution in [0.15, 0.2) is 6.07 Å². The highest BCUT2D eigenvalue weighted by Gasteiger charge is 2.18. The predicted molar refractivity (Wildman–Crippen MR) is 76.6 cm³/mol. The molecule has 20 heavy (non-hydrogen) atoms. The van der Waals surface area contributed by atoms with Gasteiger partial charge in [-0.3, -0.25) is 14.4 Å². The monoisotopic (exact) mass is 280 g/mol. The van der Waals surface area contributed by atoms with Gasteiger partial charge in [-0.2, -0.15) is 5.10 Å². The van der Waals surface area contributed by atoms with Crippen LogP contribution in [0.25, 0.3) is 0 Å². The minimum absolute atomic E-state index is 0.238. The van der Waals surface area contributed by atoms with Crippen LogP contribution in [0.5, 0.6) is 0 Å². The molecule has 1 aliphatic rings. The second-order valence-electron chi connectivity index (χ2n) is 5.35. The van der Waals surface area contributed by atoms with Crippen molar-refractivity contribution in [3.63, 3.8) is 0 Å². The summed E-state index contributed by atoms with van der Waals surface area (Å²) in [6, 6.07) is 2.15. The van der Waals surface area contributed by atoms with Gasteiger partial charge in [-0.25, -0.2) is 0 Å². The van der Waals surface area contributed by atoms with Crippen LogP contribution in [0.4, 0.5) is 0 Å². The van der Waals surface area contributed by atoms with E-state index in [1.807, 2.05) is 6.92 Å². The van der Waals surface area contributed by atoms with Crippen LogP contribution in [0, 0.1) is 6.92 Å². The molecule has 2 rings (SSSR count).